The Hall–Kier alpha value is -1.82. The summed E-state index contributed by atoms with van der Waals surface area (Å²) in [6, 6.07) is 3.32. The number of nitrogens with zero attached hydrogens (tertiary/aromatic N) is 1. The maximum atomic E-state index is 12.1. The molecule has 1 amide bonds. The summed E-state index contributed by atoms with van der Waals surface area (Å²) in [4.78, 5) is 23.7. The molecule has 1 aromatic heterocycles. The summed E-state index contributed by atoms with van der Waals surface area (Å²) in [5, 5.41) is 2.74. The number of carbonyl (C=O) groups is 1. The molecule has 0 saturated heterocycles. The summed E-state index contributed by atoms with van der Waals surface area (Å²) in [6.07, 6.45) is 3.43. The van der Waals surface area contributed by atoms with Gasteiger partial charge in [-0.05, 0) is 37.4 Å². The van der Waals surface area contributed by atoms with E-state index in [2.05, 4.69) is 5.32 Å². The second-order valence-corrected chi connectivity index (χ2v) is 5.35. The molecule has 1 rings (SSSR count). The zero-order chi connectivity index (χ0) is 15.7. The standard InChI is InChI=1S/C15H25N3O3/c1-12(2)10-17-14(19)11-21-13-6-5-9-18(15(13)20)8-4-3-7-16/h5-6,9,12H,3-4,7-8,10-11,16H2,1-2H3,(H,17,19). The van der Waals surface area contributed by atoms with Crippen molar-refractivity contribution in [1.29, 1.82) is 0 Å². The SMILES string of the molecule is CC(C)CNC(=O)COc1cccn(CCCCN)c1=O. The second-order valence-electron chi connectivity index (χ2n) is 5.35. The number of hydrogen-bond acceptors (Lipinski definition) is 4. The Morgan fingerprint density at radius 2 is 2.19 bits per heavy atom. The van der Waals surface area contributed by atoms with Crippen LogP contribution in [0.2, 0.25) is 0 Å². The molecule has 1 heterocycles. The Morgan fingerprint density at radius 1 is 1.43 bits per heavy atom. The van der Waals surface area contributed by atoms with Gasteiger partial charge in [0, 0.05) is 19.3 Å². The molecular weight excluding hydrogens is 270 g/mol. The summed E-state index contributed by atoms with van der Waals surface area (Å²) in [6.45, 7) is 5.69. The van der Waals surface area contributed by atoms with Crippen molar-refractivity contribution in [1.82, 2.24) is 9.88 Å². The number of aryl methyl sites for hydroxylation is 1. The fourth-order valence-electron chi connectivity index (χ4n) is 1.74. The van der Waals surface area contributed by atoms with E-state index in [1.54, 1.807) is 22.9 Å². The number of ether oxygens (including phenoxy) is 1. The Morgan fingerprint density at radius 3 is 2.86 bits per heavy atom. The molecule has 3 N–H and O–H groups in total. The molecule has 1 aromatic rings. The number of pyridine rings is 1. The number of rotatable bonds is 9. The first-order valence-electron chi connectivity index (χ1n) is 7.33. The third kappa shape index (κ3) is 6.44. The van der Waals surface area contributed by atoms with Gasteiger partial charge < -0.3 is 20.4 Å². The number of aromatic nitrogens is 1. The van der Waals surface area contributed by atoms with E-state index in [1.165, 1.54) is 0 Å². The molecule has 0 fully saturated rings. The van der Waals surface area contributed by atoms with Crippen molar-refractivity contribution in [3.05, 3.63) is 28.7 Å². The lowest BCUT2D eigenvalue weighted by atomic mass is 10.2. The van der Waals surface area contributed by atoms with E-state index in [-0.39, 0.29) is 23.8 Å². The number of hydrogen-bond donors (Lipinski definition) is 2. The lowest BCUT2D eigenvalue weighted by molar-refractivity contribution is -0.123. The highest BCUT2D eigenvalue weighted by molar-refractivity contribution is 5.77. The molecule has 0 aliphatic rings. The molecule has 0 atom stereocenters. The topological polar surface area (TPSA) is 86.3 Å². The third-order valence-corrected chi connectivity index (χ3v) is 2.90. The molecule has 118 valence electrons. The van der Waals surface area contributed by atoms with Gasteiger partial charge in [0.15, 0.2) is 12.4 Å². The van der Waals surface area contributed by atoms with Gasteiger partial charge >= 0.3 is 0 Å². The van der Waals surface area contributed by atoms with Crippen molar-refractivity contribution < 1.29 is 9.53 Å². The van der Waals surface area contributed by atoms with Gasteiger partial charge in [0.25, 0.3) is 11.5 Å². The van der Waals surface area contributed by atoms with Gasteiger partial charge in [0.1, 0.15) is 0 Å². The van der Waals surface area contributed by atoms with E-state index in [9.17, 15) is 9.59 Å². The summed E-state index contributed by atoms with van der Waals surface area (Å²) < 4.78 is 6.89. The van der Waals surface area contributed by atoms with Crippen LogP contribution in [0.1, 0.15) is 26.7 Å². The van der Waals surface area contributed by atoms with E-state index in [1.807, 2.05) is 13.8 Å². The quantitative estimate of drug-likeness (QED) is 0.658. The lowest BCUT2D eigenvalue weighted by Gasteiger charge is -2.10. The Bertz CT molecular complexity index is 497. The van der Waals surface area contributed by atoms with Crippen LogP contribution in [0.25, 0.3) is 0 Å². The summed E-state index contributed by atoms with van der Waals surface area (Å²) in [7, 11) is 0. The van der Waals surface area contributed by atoms with Gasteiger partial charge in [0.05, 0.1) is 0 Å². The third-order valence-electron chi connectivity index (χ3n) is 2.90. The highest BCUT2D eigenvalue weighted by Crippen LogP contribution is 2.03. The van der Waals surface area contributed by atoms with Gasteiger partial charge in [-0.2, -0.15) is 0 Å². The van der Waals surface area contributed by atoms with Crippen LogP contribution in [-0.2, 0) is 11.3 Å². The molecule has 0 saturated carbocycles. The van der Waals surface area contributed by atoms with Gasteiger partial charge in [-0.25, -0.2) is 0 Å². The maximum absolute atomic E-state index is 12.1. The van der Waals surface area contributed by atoms with E-state index < -0.39 is 0 Å². The van der Waals surface area contributed by atoms with Crippen molar-refractivity contribution in [3.8, 4) is 5.75 Å². The first-order valence-corrected chi connectivity index (χ1v) is 7.33. The van der Waals surface area contributed by atoms with Crippen LogP contribution >= 0.6 is 0 Å². The molecule has 0 aliphatic heterocycles. The van der Waals surface area contributed by atoms with E-state index in [4.69, 9.17) is 10.5 Å². The second kappa shape index (κ2) is 9.18. The zero-order valence-electron chi connectivity index (χ0n) is 12.8. The molecular formula is C15H25N3O3. The lowest BCUT2D eigenvalue weighted by Crippen LogP contribution is -2.33. The van der Waals surface area contributed by atoms with Crippen LogP contribution in [0.4, 0.5) is 0 Å². The number of carbonyl (C=O) groups excluding carboxylic acids is 1. The molecule has 0 bridgehead atoms. The van der Waals surface area contributed by atoms with Crippen molar-refractivity contribution in [2.45, 2.75) is 33.2 Å². The minimum absolute atomic E-state index is 0.144. The first-order chi connectivity index (χ1) is 10.0. The highest BCUT2D eigenvalue weighted by Gasteiger charge is 2.07. The van der Waals surface area contributed by atoms with Crippen LogP contribution in [-0.4, -0.2) is 30.2 Å². The van der Waals surface area contributed by atoms with Crippen molar-refractivity contribution >= 4 is 5.91 Å². The number of nitrogens with one attached hydrogen (secondary N) is 1. The largest absolute Gasteiger partial charge is 0.478 e. The van der Waals surface area contributed by atoms with E-state index >= 15 is 0 Å². The summed E-state index contributed by atoms with van der Waals surface area (Å²) in [5.41, 5.74) is 5.22. The molecule has 0 aliphatic carbocycles. The van der Waals surface area contributed by atoms with Crippen molar-refractivity contribution in [2.75, 3.05) is 19.7 Å². The molecule has 0 unspecified atom stereocenters. The predicted octanol–water partition coefficient (Wildman–Crippen LogP) is 0.738. The molecule has 0 aromatic carbocycles. The van der Waals surface area contributed by atoms with Crippen LogP contribution in [0, 0.1) is 5.92 Å². The Balaban J connectivity index is 2.53. The molecule has 6 heteroatoms. The number of nitrogens with two attached hydrogens (primary N) is 1. The normalized spacial score (nSPS) is 10.7. The zero-order valence-corrected chi connectivity index (χ0v) is 12.8. The average Bonchev–Trinajstić information content (AvgIpc) is 2.45. The van der Waals surface area contributed by atoms with E-state index in [0.29, 0.717) is 25.6 Å². The smallest absolute Gasteiger partial charge is 0.292 e. The van der Waals surface area contributed by atoms with Crippen LogP contribution in [0.5, 0.6) is 5.75 Å². The fraction of sp³-hybridized carbons (Fsp3) is 0.600. The molecule has 0 radical (unpaired) electrons. The Labute approximate surface area is 125 Å². The predicted molar refractivity (Wildman–Crippen MR) is 82.3 cm³/mol. The van der Waals surface area contributed by atoms with Crippen LogP contribution in [0.15, 0.2) is 23.1 Å². The monoisotopic (exact) mass is 295 g/mol. The van der Waals surface area contributed by atoms with E-state index in [0.717, 1.165) is 12.8 Å². The molecule has 6 nitrogen and oxygen atoms in total. The van der Waals surface area contributed by atoms with Crippen molar-refractivity contribution in [2.24, 2.45) is 11.7 Å². The van der Waals surface area contributed by atoms with Gasteiger partial charge in [-0.1, -0.05) is 13.8 Å². The fourth-order valence-corrected chi connectivity index (χ4v) is 1.74. The minimum atomic E-state index is -0.221. The van der Waals surface area contributed by atoms with Crippen molar-refractivity contribution in [3.63, 3.8) is 0 Å². The number of amides is 1. The summed E-state index contributed by atoms with van der Waals surface area (Å²) in [5.74, 6) is 0.358. The molecule has 0 spiro atoms. The minimum Gasteiger partial charge on any atom is -0.478 e. The number of unbranched alkanes of at least 4 members (excludes halogenated alkanes) is 1. The summed E-state index contributed by atoms with van der Waals surface area (Å²) >= 11 is 0. The van der Waals surface area contributed by atoms with Crippen LogP contribution in [0.3, 0.4) is 0 Å². The molecule has 21 heavy (non-hydrogen) atoms. The van der Waals surface area contributed by atoms with Gasteiger partial charge in [-0.15, -0.1) is 0 Å². The highest BCUT2D eigenvalue weighted by atomic mass is 16.5. The van der Waals surface area contributed by atoms with Crippen LogP contribution < -0.4 is 21.3 Å². The van der Waals surface area contributed by atoms with Gasteiger partial charge in [-0.3, -0.25) is 9.59 Å². The van der Waals surface area contributed by atoms with Gasteiger partial charge in [0.2, 0.25) is 0 Å². The Kier molecular flexibility index (Phi) is 7.53. The maximum Gasteiger partial charge on any atom is 0.292 e. The average molecular weight is 295 g/mol. The first kappa shape index (κ1) is 17.2.